The fourth-order valence-corrected chi connectivity index (χ4v) is 3.31. The molecule has 0 radical (unpaired) electrons. The third kappa shape index (κ3) is 1.87. The summed E-state index contributed by atoms with van der Waals surface area (Å²) in [7, 11) is 0. The lowest BCUT2D eigenvalue weighted by molar-refractivity contribution is 0.639. The summed E-state index contributed by atoms with van der Waals surface area (Å²) >= 11 is 6.40. The Balaban J connectivity index is 1.98. The molecule has 1 saturated heterocycles. The Morgan fingerprint density at radius 2 is 1.81 bits per heavy atom. The van der Waals surface area contributed by atoms with Gasteiger partial charge in [0.15, 0.2) is 0 Å². The van der Waals surface area contributed by atoms with Gasteiger partial charge >= 0.3 is 0 Å². The maximum absolute atomic E-state index is 6.40. The van der Waals surface area contributed by atoms with E-state index in [4.69, 9.17) is 11.6 Å². The number of halogens is 1. The predicted octanol–water partition coefficient (Wildman–Crippen LogP) is 3.64. The van der Waals surface area contributed by atoms with Gasteiger partial charge in [-0.2, -0.15) is 0 Å². The molecule has 0 spiro atoms. The first kappa shape index (κ1) is 10.6. The van der Waals surface area contributed by atoms with Gasteiger partial charge in [-0.05, 0) is 67.8 Å². The summed E-state index contributed by atoms with van der Waals surface area (Å²) in [5.74, 6) is 0. The minimum absolute atomic E-state index is 0.500. The Bertz CT molecular complexity index is 394. The summed E-state index contributed by atoms with van der Waals surface area (Å²) in [6, 6.07) is 5.07. The Hall–Kier alpha value is -0.530. The second-order valence-electron chi connectivity index (χ2n) is 5.00. The standard InChI is InChI=1S/C14H18ClN/c15-13-9-11-5-2-1-4-10(11)8-12(13)14-6-3-7-16-14/h8-9,14,16H,1-7H2/t14-/m1/s1. The second kappa shape index (κ2) is 4.38. The smallest absolute Gasteiger partial charge is 0.0456 e. The minimum atomic E-state index is 0.500. The van der Waals surface area contributed by atoms with Crippen LogP contribution in [0.1, 0.15) is 48.4 Å². The molecule has 1 N–H and O–H groups in total. The molecule has 0 saturated carbocycles. The van der Waals surface area contributed by atoms with Gasteiger partial charge in [0.1, 0.15) is 0 Å². The van der Waals surface area contributed by atoms with Crippen molar-refractivity contribution >= 4 is 11.6 Å². The van der Waals surface area contributed by atoms with Crippen LogP contribution in [0, 0.1) is 0 Å². The van der Waals surface area contributed by atoms with E-state index in [0.717, 1.165) is 11.6 Å². The van der Waals surface area contributed by atoms with Crippen molar-refractivity contribution in [2.75, 3.05) is 6.54 Å². The molecule has 0 aromatic heterocycles. The first-order valence-corrected chi connectivity index (χ1v) is 6.77. The van der Waals surface area contributed by atoms with E-state index >= 15 is 0 Å². The summed E-state index contributed by atoms with van der Waals surface area (Å²) in [5.41, 5.74) is 4.36. The molecule has 2 aliphatic rings. The van der Waals surface area contributed by atoms with Crippen molar-refractivity contribution in [3.05, 3.63) is 33.8 Å². The predicted molar refractivity (Wildman–Crippen MR) is 68.1 cm³/mol. The molecule has 0 amide bonds. The first-order chi connectivity index (χ1) is 7.84. The highest BCUT2D eigenvalue weighted by molar-refractivity contribution is 6.31. The van der Waals surface area contributed by atoms with Crippen LogP contribution in [0.5, 0.6) is 0 Å². The molecule has 1 aromatic carbocycles. The molecule has 1 aliphatic heterocycles. The Labute approximate surface area is 102 Å². The average Bonchev–Trinajstić information content (AvgIpc) is 2.81. The fourth-order valence-electron chi connectivity index (χ4n) is 2.99. The van der Waals surface area contributed by atoms with Crippen LogP contribution in [-0.2, 0) is 12.8 Å². The van der Waals surface area contributed by atoms with E-state index in [2.05, 4.69) is 17.4 Å². The molecule has 1 heterocycles. The number of aryl methyl sites for hydroxylation is 2. The SMILES string of the molecule is Clc1cc2c(cc1[C@H]1CCCN1)CCCC2. The molecular weight excluding hydrogens is 218 g/mol. The van der Waals surface area contributed by atoms with Gasteiger partial charge in [-0.1, -0.05) is 17.7 Å². The van der Waals surface area contributed by atoms with E-state index in [0.29, 0.717) is 6.04 Å². The number of fused-ring (bicyclic) bond motifs is 1. The zero-order valence-corrected chi connectivity index (χ0v) is 10.3. The van der Waals surface area contributed by atoms with Crippen LogP contribution in [-0.4, -0.2) is 6.54 Å². The fraction of sp³-hybridized carbons (Fsp3) is 0.571. The Morgan fingerprint density at radius 1 is 1.06 bits per heavy atom. The van der Waals surface area contributed by atoms with Gasteiger partial charge in [-0.15, -0.1) is 0 Å². The highest BCUT2D eigenvalue weighted by Crippen LogP contribution is 2.33. The van der Waals surface area contributed by atoms with Crippen molar-refractivity contribution in [3.63, 3.8) is 0 Å². The van der Waals surface area contributed by atoms with Gasteiger partial charge in [0, 0.05) is 11.1 Å². The van der Waals surface area contributed by atoms with E-state index in [-0.39, 0.29) is 0 Å². The molecule has 16 heavy (non-hydrogen) atoms. The lowest BCUT2D eigenvalue weighted by Crippen LogP contribution is -2.14. The molecule has 1 aromatic rings. The van der Waals surface area contributed by atoms with Crippen molar-refractivity contribution in [2.45, 2.75) is 44.6 Å². The monoisotopic (exact) mass is 235 g/mol. The number of hydrogen-bond acceptors (Lipinski definition) is 1. The summed E-state index contributed by atoms with van der Waals surface area (Å²) in [4.78, 5) is 0. The van der Waals surface area contributed by atoms with Gasteiger partial charge in [0.05, 0.1) is 0 Å². The van der Waals surface area contributed by atoms with Crippen LogP contribution in [0.25, 0.3) is 0 Å². The quantitative estimate of drug-likeness (QED) is 0.784. The Morgan fingerprint density at radius 3 is 2.50 bits per heavy atom. The highest BCUT2D eigenvalue weighted by atomic mass is 35.5. The molecule has 0 unspecified atom stereocenters. The van der Waals surface area contributed by atoms with Gasteiger partial charge in [0.25, 0.3) is 0 Å². The normalized spacial score (nSPS) is 24.4. The molecule has 1 fully saturated rings. The maximum Gasteiger partial charge on any atom is 0.0456 e. The van der Waals surface area contributed by atoms with Gasteiger partial charge in [-0.25, -0.2) is 0 Å². The van der Waals surface area contributed by atoms with E-state index in [1.165, 1.54) is 49.7 Å². The van der Waals surface area contributed by atoms with Crippen molar-refractivity contribution < 1.29 is 0 Å². The van der Waals surface area contributed by atoms with Gasteiger partial charge in [0.2, 0.25) is 0 Å². The largest absolute Gasteiger partial charge is 0.310 e. The first-order valence-electron chi connectivity index (χ1n) is 6.39. The molecular formula is C14H18ClN. The summed E-state index contributed by atoms with van der Waals surface area (Å²) in [6.07, 6.45) is 7.63. The van der Waals surface area contributed by atoms with Crippen molar-refractivity contribution in [1.29, 1.82) is 0 Å². The van der Waals surface area contributed by atoms with E-state index in [1.807, 2.05) is 0 Å². The van der Waals surface area contributed by atoms with Gasteiger partial charge in [-0.3, -0.25) is 0 Å². The van der Waals surface area contributed by atoms with Crippen molar-refractivity contribution in [1.82, 2.24) is 5.32 Å². The molecule has 1 nitrogen and oxygen atoms in total. The highest BCUT2D eigenvalue weighted by Gasteiger charge is 2.21. The molecule has 1 aliphatic carbocycles. The maximum atomic E-state index is 6.40. The average molecular weight is 236 g/mol. The van der Waals surface area contributed by atoms with Crippen LogP contribution in [0.2, 0.25) is 5.02 Å². The lowest BCUT2D eigenvalue weighted by atomic mass is 9.89. The lowest BCUT2D eigenvalue weighted by Gasteiger charge is -2.20. The Kier molecular flexibility index (Phi) is 2.91. The molecule has 86 valence electrons. The molecule has 2 heteroatoms. The topological polar surface area (TPSA) is 12.0 Å². The van der Waals surface area contributed by atoms with E-state index in [9.17, 15) is 0 Å². The van der Waals surface area contributed by atoms with E-state index in [1.54, 1.807) is 5.56 Å². The van der Waals surface area contributed by atoms with E-state index < -0.39 is 0 Å². The second-order valence-corrected chi connectivity index (χ2v) is 5.41. The third-order valence-electron chi connectivity index (χ3n) is 3.90. The van der Waals surface area contributed by atoms with Crippen LogP contribution < -0.4 is 5.32 Å². The van der Waals surface area contributed by atoms with Crippen LogP contribution in [0.15, 0.2) is 12.1 Å². The van der Waals surface area contributed by atoms with Crippen LogP contribution in [0.3, 0.4) is 0 Å². The number of hydrogen-bond donors (Lipinski definition) is 1. The molecule has 1 atom stereocenters. The van der Waals surface area contributed by atoms with Crippen LogP contribution >= 0.6 is 11.6 Å². The summed E-state index contributed by atoms with van der Waals surface area (Å²) in [6.45, 7) is 1.14. The summed E-state index contributed by atoms with van der Waals surface area (Å²) in [5, 5.41) is 4.51. The van der Waals surface area contributed by atoms with Crippen molar-refractivity contribution in [3.8, 4) is 0 Å². The molecule has 0 bridgehead atoms. The van der Waals surface area contributed by atoms with Crippen molar-refractivity contribution in [2.24, 2.45) is 0 Å². The number of benzene rings is 1. The zero-order valence-electron chi connectivity index (χ0n) is 9.56. The summed E-state index contributed by atoms with van der Waals surface area (Å²) < 4.78 is 0. The minimum Gasteiger partial charge on any atom is -0.310 e. The number of rotatable bonds is 1. The zero-order chi connectivity index (χ0) is 11.0. The molecule has 3 rings (SSSR count). The third-order valence-corrected chi connectivity index (χ3v) is 4.22. The number of nitrogens with one attached hydrogen (secondary N) is 1. The van der Waals surface area contributed by atoms with Gasteiger partial charge < -0.3 is 5.32 Å². The van der Waals surface area contributed by atoms with Crippen LogP contribution in [0.4, 0.5) is 0 Å².